The van der Waals surface area contributed by atoms with Gasteiger partial charge in [-0.1, -0.05) is 12.1 Å². The second-order valence-corrected chi connectivity index (χ2v) is 4.64. The molecule has 6 heteroatoms. The van der Waals surface area contributed by atoms with Crippen molar-refractivity contribution in [1.29, 1.82) is 0 Å². The van der Waals surface area contributed by atoms with E-state index in [9.17, 15) is 14.7 Å². The SMILES string of the molecule is Cc1cccc(C(=O)NCc2cc(C(=O)O)c(C)o2)c1O. The number of hydrogen-bond acceptors (Lipinski definition) is 4. The van der Waals surface area contributed by atoms with Crippen LogP contribution in [0.25, 0.3) is 0 Å². The lowest BCUT2D eigenvalue weighted by molar-refractivity contribution is 0.0694. The summed E-state index contributed by atoms with van der Waals surface area (Å²) in [4.78, 5) is 22.9. The van der Waals surface area contributed by atoms with E-state index in [1.165, 1.54) is 12.1 Å². The van der Waals surface area contributed by atoms with Crippen molar-refractivity contribution in [2.45, 2.75) is 20.4 Å². The van der Waals surface area contributed by atoms with E-state index < -0.39 is 11.9 Å². The first-order chi connectivity index (χ1) is 9.90. The van der Waals surface area contributed by atoms with Crippen LogP contribution in [0.5, 0.6) is 5.75 Å². The predicted molar refractivity (Wildman–Crippen MR) is 74.4 cm³/mol. The second-order valence-electron chi connectivity index (χ2n) is 4.64. The van der Waals surface area contributed by atoms with Gasteiger partial charge in [0.2, 0.25) is 0 Å². The van der Waals surface area contributed by atoms with Gasteiger partial charge in [-0.25, -0.2) is 4.79 Å². The number of furan rings is 1. The summed E-state index contributed by atoms with van der Waals surface area (Å²) in [6, 6.07) is 6.24. The molecule has 0 fully saturated rings. The van der Waals surface area contributed by atoms with Crippen LogP contribution < -0.4 is 5.32 Å². The Morgan fingerprint density at radius 1 is 1.24 bits per heavy atom. The molecule has 6 nitrogen and oxygen atoms in total. The molecule has 0 unspecified atom stereocenters. The fourth-order valence-corrected chi connectivity index (χ4v) is 1.95. The number of carboxylic acid groups (broad SMARTS) is 1. The monoisotopic (exact) mass is 289 g/mol. The van der Waals surface area contributed by atoms with Crippen molar-refractivity contribution < 1.29 is 24.2 Å². The lowest BCUT2D eigenvalue weighted by Crippen LogP contribution is -2.22. The number of amides is 1. The molecule has 0 radical (unpaired) electrons. The highest BCUT2D eigenvalue weighted by Crippen LogP contribution is 2.21. The summed E-state index contributed by atoms with van der Waals surface area (Å²) >= 11 is 0. The molecular weight excluding hydrogens is 274 g/mol. The Labute approximate surface area is 121 Å². The zero-order valence-corrected chi connectivity index (χ0v) is 11.6. The third-order valence-corrected chi connectivity index (χ3v) is 3.10. The zero-order valence-electron chi connectivity index (χ0n) is 11.6. The molecule has 3 N–H and O–H groups in total. The maximum atomic E-state index is 12.0. The number of nitrogens with one attached hydrogen (secondary N) is 1. The summed E-state index contributed by atoms with van der Waals surface area (Å²) in [6.45, 7) is 3.28. The highest BCUT2D eigenvalue weighted by molar-refractivity contribution is 5.97. The van der Waals surface area contributed by atoms with Crippen molar-refractivity contribution in [3.05, 3.63) is 52.5 Å². The van der Waals surface area contributed by atoms with E-state index in [-0.39, 0.29) is 29.2 Å². The van der Waals surface area contributed by atoms with Crippen LogP contribution in [0, 0.1) is 13.8 Å². The second kappa shape index (κ2) is 5.70. The minimum Gasteiger partial charge on any atom is -0.507 e. The van der Waals surface area contributed by atoms with Crippen molar-refractivity contribution in [2.24, 2.45) is 0 Å². The Morgan fingerprint density at radius 3 is 2.57 bits per heavy atom. The lowest BCUT2D eigenvalue weighted by atomic mass is 10.1. The number of carbonyl (C=O) groups is 2. The number of benzene rings is 1. The molecular formula is C15H15NO5. The van der Waals surface area contributed by atoms with Crippen LogP contribution in [-0.4, -0.2) is 22.1 Å². The highest BCUT2D eigenvalue weighted by Gasteiger charge is 2.16. The molecule has 1 aromatic heterocycles. The number of phenolic OH excluding ortho intramolecular Hbond substituents is 1. The van der Waals surface area contributed by atoms with Gasteiger partial charge in [-0.2, -0.15) is 0 Å². The molecule has 1 heterocycles. The van der Waals surface area contributed by atoms with E-state index in [1.54, 1.807) is 26.0 Å². The van der Waals surface area contributed by atoms with Crippen LogP contribution in [0.4, 0.5) is 0 Å². The third-order valence-electron chi connectivity index (χ3n) is 3.10. The number of rotatable bonds is 4. The molecule has 2 rings (SSSR count). The van der Waals surface area contributed by atoms with Gasteiger partial charge in [-0.3, -0.25) is 4.79 Å². The molecule has 1 amide bonds. The largest absolute Gasteiger partial charge is 0.507 e. The third kappa shape index (κ3) is 3.05. The first-order valence-electron chi connectivity index (χ1n) is 6.29. The number of carboxylic acids is 1. The Balaban J connectivity index is 2.09. The van der Waals surface area contributed by atoms with Gasteiger partial charge in [0.05, 0.1) is 12.1 Å². The number of phenols is 1. The molecule has 1 aromatic carbocycles. The lowest BCUT2D eigenvalue weighted by Gasteiger charge is -2.07. The average molecular weight is 289 g/mol. The van der Waals surface area contributed by atoms with Gasteiger partial charge in [0, 0.05) is 0 Å². The van der Waals surface area contributed by atoms with Gasteiger partial charge >= 0.3 is 5.97 Å². The maximum Gasteiger partial charge on any atom is 0.339 e. The van der Waals surface area contributed by atoms with Crippen molar-refractivity contribution in [1.82, 2.24) is 5.32 Å². The summed E-state index contributed by atoms with van der Waals surface area (Å²) in [5.41, 5.74) is 0.832. The number of carbonyl (C=O) groups excluding carboxylic acids is 1. The quantitative estimate of drug-likeness (QED) is 0.801. The highest BCUT2D eigenvalue weighted by atomic mass is 16.4. The van der Waals surface area contributed by atoms with E-state index in [0.29, 0.717) is 11.3 Å². The van der Waals surface area contributed by atoms with Crippen LogP contribution in [0.1, 0.15) is 37.8 Å². The Hall–Kier alpha value is -2.76. The zero-order chi connectivity index (χ0) is 15.6. The summed E-state index contributed by atoms with van der Waals surface area (Å²) in [5, 5.41) is 21.3. The Kier molecular flexibility index (Phi) is 3.98. The molecule has 0 spiro atoms. The van der Waals surface area contributed by atoms with Crippen molar-refractivity contribution >= 4 is 11.9 Å². The fraction of sp³-hybridized carbons (Fsp3) is 0.200. The van der Waals surface area contributed by atoms with Crippen molar-refractivity contribution in [2.75, 3.05) is 0 Å². The topological polar surface area (TPSA) is 99.8 Å². The molecule has 0 bridgehead atoms. The van der Waals surface area contributed by atoms with Gasteiger partial charge in [-0.05, 0) is 31.5 Å². The van der Waals surface area contributed by atoms with Crippen molar-refractivity contribution in [3.63, 3.8) is 0 Å². The van der Waals surface area contributed by atoms with E-state index in [0.717, 1.165) is 0 Å². The van der Waals surface area contributed by atoms with E-state index in [1.807, 2.05) is 0 Å². The molecule has 2 aromatic rings. The molecule has 0 atom stereocenters. The van der Waals surface area contributed by atoms with E-state index >= 15 is 0 Å². The fourth-order valence-electron chi connectivity index (χ4n) is 1.95. The molecule has 0 aliphatic carbocycles. The number of aromatic carboxylic acids is 1. The summed E-state index contributed by atoms with van der Waals surface area (Å²) < 4.78 is 5.26. The Bertz CT molecular complexity index is 702. The minimum atomic E-state index is -1.08. The predicted octanol–water partition coefficient (Wildman–Crippen LogP) is 2.23. The minimum absolute atomic E-state index is 0.0420. The first-order valence-corrected chi connectivity index (χ1v) is 6.29. The van der Waals surface area contributed by atoms with Crippen LogP contribution in [-0.2, 0) is 6.54 Å². The summed E-state index contributed by atoms with van der Waals surface area (Å²) in [5.74, 6) is -0.986. The number of para-hydroxylation sites is 1. The van der Waals surface area contributed by atoms with Gasteiger partial charge in [0.15, 0.2) is 0 Å². The van der Waals surface area contributed by atoms with Gasteiger partial charge < -0.3 is 19.9 Å². The first kappa shape index (κ1) is 14.6. The molecule has 0 aliphatic rings. The summed E-state index contributed by atoms with van der Waals surface area (Å²) in [7, 11) is 0. The van der Waals surface area contributed by atoms with Crippen LogP contribution >= 0.6 is 0 Å². The molecule has 0 aliphatic heterocycles. The molecule has 0 saturated carbocycles. The van der Waals surface area contributed by atoms with Gasteiger partial charge in [0.25, 0.3) is 5.91 Å². The van der Waals surface area contributed by atoms with E-state index in [4.69, 9.17) is 9.52 Å². The Morgan fingerprint density at radius 2 is 1.95 bits per heavy atom. The maximum absolute atomic E-state index is 12.0. The van der Waals surface area contributed by atoms with E-state index in [2.05, 4.69) is 5.32 Å². The summed E-state index contributed by atoms with van der Waals surface area (Å²) in [6.07, 6.45) is 0. The number of aryl methyl sites for hydroxylation is 2. The number of aromatic hydroxyl groups is 1. The van der Waals surface area contributed by atoms with Gasteiger partial charge in [-0.15, -0.1) is 0 Å². The number of hydrogen-bond donors (Lipinski definition) is 3. The van der Waals surface area contributed by atoms with Gasteiger partial charge in [0.1, 0.15) is 22.8 Å². The molecule has 0 saturated heterocycles. The smallest absolute Gasteiger partial charge is 0.339 e. The average Bonchev–Trinajstić information content (AvgIpc) is 2.80. The van der Waals surface area contributed by atoms with Crippen LogP contribution in [0.15, 0.2) is 28.7 Å². The normalized spacial score (nSPS) is 10.4. The van der Waals surface area contributed by atoms with Crippen LogP contribution in [0.2, 0.25) is 0 Å². The molecule has 110 valence electrons. The molecule has 21 heavy (non-hydrogen) atoms. The standard InChI is InChI=1S/C15H15NO5/c1-8-4-3-5-11(13(8)17)14(18)16-7-10-6-12(15(19)20)9(2)21-10/h3-6,17H,7H2,1-2H3,(H,16,18)(H,19,20). The van der Waals surface area contributed by atoms with Crippen molar-refractivity contribution in [3.8, 4) is 5.75 Å². The van der Waals surface area contributed by atoms with Crippen LogP contribution in [0.3, 0.4) is 0 Å².